The number of carbonyl (C=O) groups is 1. The fraction of sp³-hybridized carbons (Fsp3) is 0.444. The quantitative estimate of drug-likeness (QED) is 0.680. The minimum Gasteiger partial charge on any atom is -0.379 e. The molecule has 1 aromatic carbocycles. The molecular weight excluding hydrogens is 361 g/mol. The zero-order valence-corrected chi connectivity index (χ0v) is 15.5. The van der Waals surface area contributed by atoms with Gasteiger partial charge in [0.15, 0.2) is 0 Å². The summed E-state index contributed by atoms with van der Waals surface area (Å²) in [5, 5.41) is 9.75. The normalized spacial score (nSPS) is 15.2. The highest BCUT2D eigenvalue weighted by Crippen LogP contribution is 2.23. The molecule has 0 atom stereocenters. The van der Waals surface area contributed by atoms with Crippen molar-refractivity contribution in [3.05, 3.63) is 39.9 Å². The van der Waals surface area contributed by atoms with Gasteiger partial charge in [0.2, 0.25) is 5.91 Å². The van der Waals surface area contributed by atoms with Crippen molar-refractivity contribution < 1.29 is 9.53 Å². The van der Waals surface area contributed by atoms with E-state index in [4.69, 9.17) is 33.2 Å². The predicted molar refractivity (Wildman–Crippen MR) is 99.6 cm³/mol. The smallest absolute Gasteiger partial charge is 0.246 e. The standard InChI is InChI=1S/C18H21Cl2N3O2/c19-16-4-2-15(14-17(16)20)3-5-18(24)23(7-1-6-21)9-8-22-10-12-25-13-11-22/h2-5,14H,1,7-13H2. The largest absolute Gasteiger partial charge is 0.379 e. The maximum Gasteiger partial charge on any atom is 0.246 e. The van der Waals surface area contributed by atoms with Crippen LogP contribution in [-0.4, -0.2) is 61.6 Å². The van der Waals surface area contributed by atoms with Crippen molar-refractivity contribution in [3.8, 4) is 6.07 Å². The number of morpholine rings is 1. The molecule has 7 heteroatoms. The molecule has 0 saturated carbocycles. The average molecular weight is 382 g/mol. The minimum atomic E-state index is -0.116. The summed E-state index contributed by atoms with van der Waals surface area (Å²) >= 11 is 11.9. The molecule has 1 aromatic rings. The van der Waals surface area contributed by atoms with Crippen LogP contribution in [0.15, 0.2) is 24.3 Å². The molecule has 2 rings (SSSR count). The predicted octanol–water partition coefficient (Wildman–Crippen LogP) is 3.08. The molecular formula is C18H21Cl2N3O2. The van der Waals surface area contributed by atoms with Crippen molar-refractivity contribution >= 4 is 35.2 Å². The number of benzene rings is 1. The van der Waals surface area contributed by atoms with E-state index in [2.05, 4.69) is 11.0 Å². The number of nitriles is 1. The molecule has 134 valence electrons. The van der Waals surface area contributed by atoms with Crippen LogP contribution in [0.25, 0.3) is 6.08 Å². The van der Waals surface area contributed by atoms with Crippen LogP contribution in [0.5, 0.6) is 0 Å². The summed E-state index contributed by atoms with van der Waals surface area (Å²) in [6, 6.07) is 7.30. The Morgan fingerprint density at radius 2 is 2.04 bits per heavy atom. The zero-order chi connectivity index (χ0) is 18.1. The molecule has 1 amide bonds. The Kier molecular flexibility index (Phi) is 8.23. The van der Waals surface area contributed by atoms with Gasteiger partial charge in [-0.1, -0.05) is 29.3 Å². The van der Waals surface area contributed by atoms with Gasteiger partial charge in [0.05, 0.1) is 35.7 Å². The molecule has 25 heavy (non-hydrogen) atoms. The summed E-state index contributed by atoms with van der Waals surface area (Å²) in [7, 11) is 0. The molecule has 1 saturated heterocycles. The van der Waals surface area contributed by atoms with Gasteiger partial charge in [-0.25, -0.2) is 0 Å². The fourth-order valence-electron chi connectivity index (χ4n) is 2.49. The number of nitrogens with zero attached hydrogens (tertiary/aromatic N) is 3. The van der Waals surface area contributed by atoms with Crippen LogP contribution in [0.2, 0.25) is 10.0 Å². The molecule has 0 aromatic heterocycles. The average Bonchev–Trinajstić information content (AvgIpc) is 2.63. The highest BCUT2D eigenvalue weighted by atomic mass is 35.5. The van der Waals surface area contributed by atoms with Crippen molar-refractivity contribution in [1.82, 2.24) is 9.80 Å². The third-order valence-corrected chi connectivity index (χ3v) is 4.70. The van der Waals surface area contributed by atoms with Crippen LogP contribution in [0.1, 0.15) is 12.0 Å². The van der Waals surface area contributed by atoms with Gasteiger partial charge < -0.3 is 9.64 Å². The summed E-state index contributed by atoms with van der Waals surface area (Å²) in [6.45, 7) is 4.99. The van der Waals surface area contributed by atoms with Crippen molar-refractivity contribution in [2.24, 2.45) is 0 Å². The first kappa shape index (κ1) is 19.7. The van der Waals surface area contributed by atoms with E-state index in [0.717, 1.165) is 38.4 Å². The summed E-state index contributed by atoms with van der Waals surface area (Å²) in [6.07, 6.45) is 3.53. The van der Waals surface area contributed by atoms with E-state index in [1.54, 1.807) is 29.2 Å². The summed E-state index contributed by atoms with van der Waals surface area (Å²) < 4.78 is 5.33. The second-order valence-electron chi connectivity index (χ2n) is 5.69. The van der Waals surface area contributed by atoms with Crippen LogP contribution < -0.4 is 0 Å². The van der Waals surface area contributed by atoms with Gasteiger partial charge >= 0.3 is 0 Å². The van der Waals surface area contributed by atoms with Crippen molar-refractivity contribution in [1.29, 1.82) is 5.26 Å². The van der Waals surface area contributed by atoms with Gasteiger partial charge in [0.1, 0.15) is 0 Å². The molecule has 0 spiro atoms. The van der Waals surface area contributed by atoms with Crippen LogP contribution in [0.3, 0.4) is 0 Å². The van der Waals surface area contributed by atoms with E-state index >= 15 is 0 Å². The Labute approximate surface area is 158 Å². The number of amides is 1. The second kappa shape index (κ2) is 10.4. The third kappa shape index (κ3) is 6.68. The Morgan fingerprint density at radius 3 is 2.72 bits per heavy atom. The van der Waals surface area contributed by atoms with E-state index in [-0.39, 0.29) is 5.91 Å². The van der Waals surface area contributed by atoms with Gasteiger partial charge in [-0.2, -0.15) is 5.26 Å². The SMILES string of the molecule is N#CCCN(CCN1CCOCC1)C(=O)C=Cc1ccc(Cl)c(Cl)c1. The summed E-state index contributed by atoms with van der Waals surface area (Å²) in [4.78, 5) is 16.4. The third-order valence-electron chi connectivity index (χ3n) is 3.96. The van der Waals surface area contributed by atoms with Gasteiger partial charge in [-0.3, -0.25) is 9.69 Å². The number of rotatable bonds is 7. The van der Waals surface area contributed by atoms with Crippen LogP contribution >= 0.6 is 23.2 Å². The van der Waals surface area contributed by atoms with E-state index < -0.39 is 0 Å². The zero-order valence-electron chi connectivity index (χ0n) is 14.0. The van der Waals surface area contributed by atoms with Crippen LogP contribution in [-0.2, 0) is 9.53 Å². The minimum absolute atomic E-state index is 0.116. The van der Waals surface area contributed by atoms with Gasteiger partial charge in [-0.05, 0) is 23.8 Å². The molecule has 0 radical (unpaired) electrons. The maximum absolute atomic E-state index is 12.5. The number of ether oxygens (including phenoxy) is 1. The first-order valence-corrected chi connectivity index (χ1v) is 8.95. The number of halogens is 2. The lowest BCUT2D eigenvalue weighted by Crippen LogP contribution is -2.43. The van der Waals surface area contributed by atoms with Crippen molar-refractivity contribution in [2.75, 3.05) is 45.9 Å². The van der Waals surface area contributed by atoms with Gasteiger partial charge in [0.25, 0.3) is 0 Å². The molecule has 5 nitrogen and oxygen atoms in total. The highest BCUT2D eigenvalue weighted by Gasteiger charge is 2.15. The molecule has 1 heterocycles. The number of hydrogen-bond acceptors (Lipinski definition) is 4. The Hall–Kier alpha value is -1.58. The maximum atomic E-state index is 12.5. The lowest BCUT2D eigenvalue weighted by Gasteiger charge is -2.29. The van der Waals surface area contributed by atoms with Gasteiger partial charge in [-0.15, -0.1) is 0 Å². The molecule has 1 aliphatic rings. The van der Waals surface area contributed by atoms with Crippen LogP contribution in [0, 0.1) is 11.3 Å². The Morgan fingerprint density at radius 1 is 1.28 bits per heavy atom. The molecule has 0 unspecified atom stereocenters. The molecule has 1 fully saturated rings. The topological polar surface area (TPSA) is 56.6 Å². The van der Waals surface area contributed by atoms with E-state index in [1.807, 2.05) is 0 Å². The Bertz CT molecular complexity index is 652. The first-order valence-electron chi connectivity index (χ1n) is 8.19. The summed E-state index contributed by atoms with van der Waals surface area (Å²) in [5.41, 5.74) is 0.802. The fourth-order valence-corrected chi connectivity index (χ4v) is 2.80. The van der Waals surface area contributed by atoms with Crippen molar-refractivity contribution in [3.63, 3.8) is 0 Å². The molecule has 0 aliphatic carbocycles. The van der Waals surface area contributed by atoms with Crippen molar-refractivity contribution in [2.45, 2.75) is 6.42 Å². The lowest BCUT2D eigenvalue weighted by atomic mass is 10.2. The summed E-state index contributed by atoms with van der Waals surface area (Å²) in [5.74, 6) is -0.116. The van der Waals surface area contributed by atoms with E-state index in [9.17, 15) is 4.79 Å². The van der Waals surface area contributed by atoms with Crippen LogP contribution in [0.4, 0.5) is 0 Å². The molecule has 0 bridgehead atoms. The first-order chi connectivity index (χ1) is 12.1. The number of hydrogen-bond donors (Lipinski definition) is 0. The molecule has 1 aliphatic heterocycles. The molecule has 0 N–H and O–H groups in total. The van der Waals surface area contributed by atoms with E-state index in [0.29, 0.717) is 29.6 Å². The van der Waals surface area contributed by atoms with E-state index in [1.165, 1.54) is 6.08 Å². The highest BCUT2D eigenvalue weighted by molar-refractivity contribution is 6.42. The van der Waals surface area contributed by atoms with Gasteiger partial charge in [0, 0.05) is 38.8 Å². The Balaban J connectivity index is 1.94. The monoisotopic (exact) mass is 381 g/mol. The lowest BCUT2D eigenvalue weighted by molar-refractivity contribution is -0.126. The second-order valence-corrected chi connectivity index (χ2v) is 6.51. The number of carbonyl (C=O) groups excluding carboxylic acids is 1.